The number of nitrogens with zero attached hydrogens (tertiary/aromatic N) is 1. The third-order valence-corrected chi connectivity index (χ3v) is 6.42. The van der Waals surface area contributed by atoms with Crippen LogP contribution in [0.5, 0.6) is 5.75 Å². The van der Waals surface area contributed by atoms with Gasteiger partial charge in [0.15, 0.2) is 5.13 Å². The summed E-state index contributed by atoms with van der Waals surface area (Å²) >= 11 is 13.8. The molecule has 8 heteroatoms. The summed E-state index contributed by atoms with van der Waals surface area (Å²) in [5.74, 6) is 0.283. The number of nitrogens with one attached hydrogen (secondary N) is 1. The van der Waals surface area contributed by atoms with E-state index in [1.807, 2.05) is 12.1 Å². The van der Waals surface area contributed by atoms with Gasteiger partial charge in [0.05, 0.1) is 27.5 Å². The van der Waals surface area contributed by atoms with E-state index in [-0.39, 0.29) is 5.78 Å². The smallest absolute Gasteiger partial charge is 0.232 e. The molecule has 31 heavy (non-hydrogen) atoms. The van der Waals surface area contributed by atoms with Crippen LogP contribution in [0.3, 0.4) is 0 Å². The molecule has 0 saturated carbocycles. The maximum atomic E-state index is 13.2. The monoisotopic (exact) mass is 476 g/mol. The van der Waals surface area contributed by atoms with E-state index >= 15 is 0 Å². The molecule has 5 nitrogen and oxygen atoms in total. The van der Waals surface area contributed by atoms with E-state index in [2.05, 4.69) is 17.2 Å². The number of para-hydroxylation sites is 1. The van der Waals surface area contributed by atoms with E-state index < -0.39 is 6.29 Å². The largest absolute Gasteiger partial charge is 0.460 e. The molecule has 0 saturated heterocycles. The van der Waals surface area contributed by atoms with Crippen LogP contribution in [0.15, 0.2) is 48.2 Å². The number of thiazole rings is 1. The predicted molar refractivity (Wildman–Crippen MR) is 127 cm³/mol. The molecule has 1 aromatic heterocycles. The van der Waals surface area contributed by atoms with Crippen LogP contribution < -0.4 is 10.1 Å². The van der Waals surface area contributed by atoms with Crippen molar-refractivity contribution in [1.29, 1.82) is 0 Å². The summed E-state index contributed by atoms with van der Waals surface area (Å²) in [4.78, 5) is 17.7. The fourth-order valence-corrected chi connectivity index (χ4v) is 4.62. The first-order valence-electron chi connectivity index (χ1n) is 10.2. The van der Waals surface area contributed by atoms with Crippen LogP contribution in [0.4, 0.5) is 5.13 Å². The molecule has 0 aliphatic carbocycles. The Labute approximate surface area is 195 Å². The highest BCUT2D eigenvalue weighted by molar-refractivity contribution is 7.22. The highest BCUT2D eigenvalue weighted by Gasteiger charge is 2.33. The van der Waals surface area contributed by atoms with Gasteiger partial charge in [0.1, 0.15) is 11.3 Å². The van der Waals surface area contributed by atoms with Gasteiger partial charge in [-0.1, -0.05) is 66.8 Å². The Morgan fingerprint density at radius 3 is 2.90 bits per heavy atom. The SMILES string of the molecule is CCCCCCOC1Oc2ccc(Cl)cc2C(=O)C1=CNc1nc2c(Cl)cccc2s1. The Hall–Kier alpha value is -2.12. The van der Waals surface area contributed by atoms with Crippen LogP contribution in [-0.2, 0) is 4.74 Å². The Morgan fingerprint density at radius 1 is 1.23 bits per heavy atom. The number of ether oxygens (including phenoxy) is 2. The van der Waals surface area contributed by atoms with E-state index in [9.17, 15) is 4.79 Å². The minimum atomic E-state index is -0.798. The number of unbranched alkanes of at least 4 members (excludes halogenated alkanes) is 3. The molecule has 0 fully saturated rings. The summed E-state index contributed by atoms with van der Waals surface area (Å²) in [7, 11) is 0. The topological polar surface area (TPSA) is 60.5 Å². The second kappa shape index (κ2) is 10.0. The van der Waals surface area contributed by atoms with Gasteiger partial charge in [-0.15, -0.1) is 0 Å². The molecule has 2 aromatic carbocycles. The van der Waals surface area contributed by atoms with E-state index in [0.29, 0.717) is 38.7 Å². The van der Waals surface area contributed by atoms with Gasteiger partial charge < -0.3 is 14.8 Å². The van der Waals surface area contributed by atoms with Crippen molar-refractivity contribution in [3.63, 3.8) is 0 Å². The van der Waals surface area contributed by atoms with E-state index in [0.717, 1.165) is 35.9 Å². The molecule has 0 amide bonds. The zero-order valence-electron chi connectivity index (χ0n) is 17.0. The first-order valence-corrected chi connectivity index (χ1v) is 11.8. The number of carbonyl (C=O) groups is 1. The van der Waals surface area contributed by atoms with Crippen LogP contribution >= 0.6 is 34.5 Å². The minimum absolute atomic E-state index is 0.186. The lowest BCUT2D eigenvalue weighted by Gasteiger charge is -2.27. The molecular weight excluding hydrogens is 455 g/mol. The molecule has 1 atom stereocenters. The Balaban J connectivity index is 1.58. The zero-order valence-corrected chi connectivity index (χ0v) is 19.3. The van der Waals surface area contributed by atoms with Crippen LogP contribution in [-0.4, -0.2) is 23.7 Å². The van der Waals surface area contributed by atoms with E-state index in [4.69, 9.17) is 32.7 Å². The van der Waals surface area contributed by atoms with Crippen molar-refractivity contribution >= 4 is 55.7 Å². The molecule has 2 heterocycles. The quantitative estimate of drug-likeness (QED) is 0.277. The Morgan fingerprint density at radius 2 is 2.10 bits per heavy atom. The van der Waals surface area contributed by atoms with Crippen molar-refractivity contribution in [3.8, 4) is 5.75 Å². The second-order valence-corrected chi connectivity index (χ2v) is 9.07. The average molecular weight is 477 g/mol. The van der Waals surface area contributed by atoms with Gasteiger partial charge in [0.25, 0.3) is 0 Å². The lowest BCUT2D eigenvalue weighted by atomic mass is 10.00. The van der Waals surface area contributed by atoms with Gasteiger partial charge in [-0.25, -0.2) is 4.98 Å². The number of benzene rings is 2. The molecule has 162 valence electrons. The van der Waals surface area contributed by atoms with Gasteiger partial charge in [-0.05, 0) is 36.8 Å². The number of fused-ring (bicyclic) bond motifs is 2. The molecule has 1 N–H and O–H groups in total. The lowest BCUT2D eigenvalue weighted by Crippen LogP contribution is -2.33. The number of Topliss-reactive ketones (excluding diaryl/α,β-unsaturated/α-hetero) is 1. The standard InChI is InChI=1S/C23H22Cl2N2O3S/c1-2-3-4-5-11-29-22-16(21(28)15-12-14(24)9-10-18(15)30-22)13-26-23-27-20-17(25)7-6-8-19(20)31-23/h6-10,12-13,22H,2-5,11H2,1H3,(H,26,27). The van der Waals surface area contributed by atoms with Crippen LogP contribution in [0, 0.1) is 0 Å². The Kier molecular flexibility index (Phi) is 7.13. The summed E-state index contributed by atoms with van der Waals surface area (Å²) in [5.41, 5.74) is 1.51. The summed E-state index contributed by atoms with van der Waals surface area (Å²) in [6, 6.07) is 10.6. The van der Waals surface area contributed by atoms with Gasteiger partial charge in [-0.3, -0.25) is 4.79 Å². The maximum absolute atomic E-state index is 13.2. The molecule has 1 unspecified atom stereocenters. The lowest BCUT2D eigenvalue weighted by molar-refractivity contribution is -0.0573. The van der Waals surface area contributed by atoms with E-state index in [1.54, 1.807) is 30.5 Å². The summed E-state index contributed by atoms with van der Waals surface area (Å²) in [6.07, 6.45) is 5.09. The van der Waals surface area contributed by atoms with Crippen LogP contribution in [0.25, 0.3) is 10.2 Å². The van der Waals surface area contributed by atoms with Crippen molar-refractivity contribution in [2.45, 2.75) is 38.9 Å². The van der Waals surface area contributed by atoms with Crippen molar-refractivity contribution in [2.75, 3.05) is 11.9 Å². The minimum Gasteiger partial charge on any atom is -0.460 e. The molecule has 3 aromatic rings. The number of anilines is 1. The maximum Gasteiger partial charge on any atom is 0.232 e. The number of rotatable bonds is 8. The highest BCUT2D eigenvalue weighted by Crippen LogP contribution is 2.34. The zero-order chi connectivity index (χ0) is 21.8. The molecule has 1 aliphatic heterocycles. The molecular formula is C23H22Cl2N2O3S. The molecule has 0 spiro atoms. The normalized spacial score (nSPS) is 17.1. The predicted octanol–water partition coefficient (Wildman–Crippen LogP) is 7.10. The summed E-state index contributed by atoms with van der Waals surface area (Å²) in [5, 5.41) is 4.81. The highest BCUT2D eigenvalue weighted by atomic mass is 35.5. The number of hydrogen-bond donors (Lipinski definition) is 1. The molecule has 0 bridgehead atoms. The van der Waals surface area contributed by atoms with Gasteiger partial charge in [0.2, 0.25) is 12.1 Å². The number of aromatic nitrogens is 1. The summed E-state index contributed by atoms with van der Waals surface area (Å²) < 4.78 is 12.9. The third-order valence-electron chi connectivity index (χ3n) is 4.92. The van der Waals surface area contributed by atoms with Crippen molar-refractivity contribution < 1.29 is 14.3 Å². The van der Waals surface area contributed by atoms with Crippen molar-refractivity contribution in [3.05, 3.63) is 63.8 Å². The third kappa shape index (κ3) is 5.04. The molecule has 4 rings (SSSR count). The van der Waals surface area contributed by atoms with Crippen molar-refractivity contribution in [2.24, 2.45) is 0 Å². The van der Waals surface area contributed by atoms with Gasteiger partial charge in [0, 0.05) is 11.2 Å². The first kappa shape index (κ1) is 22.1. The fraction of sp³-hybridized carbons (Fsp3) is 0.304. The van der Waals surface area contributed by atoms with E-state index in [1.165, 1.54) is 11.3 Å². The second-order valence-electron chi connectivity index (χ2n) is 7.20. The van der Waals surface area contributed by atoms with Gasteiger partial charge >= 0.3 is 0 Å². The number of carbonyl (C=O) groups excluding carboxylic acids is 1. The summed E-state index contributed by atoms with van der Waals surface area (Å²) in [6.45, 7) is 2.67. The average Bonchev–Trinajstić information content (AvgIpc) is 3.18. The van der Waals surface area contributed by atoms with Gasteiger partial charge in [-0.2, -0.15) is 0 Å². The number of halogens is 2. The number of hydrogen-bond acceptors (Lipinski definition) is 6. The fourth-order valence-electron chi connectivity index (χ4n) is 3.32. The molecule has 0 radical (unpaired) electrons. The van der Waals surface area contributed by atoms with Crippen molar-refractivity contribution in [1.82, 2.24) is 4.98 Å². The first-order chi connectivity index (χ1) is 15.1. The Bertz CT molecular complexity index is 1130. The van der Waals surface area contributed by atoms with Crippen LogP contribution in [0.1, 0.15) is 43.0 Å². The van der Waals surface area contributed by atoms with Crippen LogP contribution in [0.2, 0.25) is 10.0 Å². The number of ketones is 1. The molecule has 1 aliphatic rings.